The van der Waals surface area contributed by atoms with Crippen LogP contribution in [0.2, 0.25) is 0 Å². The minimum Gasteiger partial charge on any atom is -0.490 e. The van der Waals surface area contributed by atoms with Gasteiger partial charge in [-0.3, -0.25) is 0 Å². The maximum atomic E-state index is 12.7. The zero-order chi connectivity index (χ0) is 14.7. The zero-order valence-corrected chi connectivity index (χ0v) is 11.3. The van der Waals surface area contributed by atoms with E-state index in [1.165, 1.54) is 6.07 Å². The molecule has 108 valence electrons. The van der Waals surface area contributed by atoms with Crippen LogP contribution in [0.3, 0.4) is 0 Å². The second-order valence-electron chi connectivity index (χ2n) is 4.12. The van der Waals surface area contributed by atoms with Crippen LogP contribution < -0.4 is 15.2 Å². The molecule has 20 heavy (non-hydrogen) atoms. The third kappa shape index (κ3) is 2.74. The van der Waals surface area contributed by atoms with Crippen LogP contribution in [-0.2, 0) is 0 Å². The van der Waals surface area contributed by atoms with Gasteiger partial charge in [-0.05, 0) is 26.0 Å². The Morgan fingerprint density at radius 3 is 2.25 bits per heavy atom. The first-order chi connectivity index (χ1) is 9.56. The summed E-state index contributed by atoms with van der Waals surface area (Å²) < 4.78 is 36.4. The van der Waals surface area contributed by atoms with E-state index in [-0.39, 0.29) is 11.4 Å². The molecular formula is C14H16F2N2O2. The van der Waals surface area contributed by atoms with Gasteiger partial charge in [-0.1, -0.05) is 0 Å². The maximum Gasteiger partial charge on any atom is 0.280 e. The molecule has 2 aromatic rings. The lowest BCUT2D eigenvalue weighted by Gasteiger charge is -2.13. The largest absolute Gasteiger partial charge is 0.490 e. The summed E-state index contributed by atoms with van der Waals surface area (Å²) in [4.78, 5) is 3.91. The molecule has 0 saturated heterocycles. The zero-order valence-electron chi connectivity index (χ0n) is 11.3. The van der Waals surface area contributed by atoms with Crippen molar-refractivity contribution in [3.63, 3.8) is 0 Å². The summed E-state index contributed by atoms with van der Waals surface area (Å²) in [7, 11) is 0. The molecule has 1 heterocycles. The molecule has 0 aliphatic heterocycles. The van der Waals surface area contributed by atoms with Gasteiger partial charge in [0.1, 0.15) is 5.69 Å². The number of nitrogens with two attached hydrogens (primary N) is 1. The van der Waals surface area contributed by atoms with Gasteiger partial charge in [0.15, 0.2) is 11.5 Å². The lowest BCUT2D eigenvalue weighted by atomic mass is 10.1. The summed E-state index contributed by atoms with van der Waals surface area (Å²) in [5.41, 5.74) is 6.08. The van der Waals surface area contributed by atoms with Gasteiger partial charge >= 0.3 is 0 Å². The van der Waals surface area contributed by atoms with Gasteiger partial charge in [-0.15, -0.1) is 0 Å². The molecule has 6 heteroatoms. The molecule has 0 spiro atoms. The average Bonchev–Trinajstić information content (AvgIpc) is 2.40. The molecule has 0 aliphatic rings. The van der Waals surface area contributed by atoms with Crippen LogP contribution in [0.1, 0.15) is 26.0 Å². The number of fused-ring (bicyclic) bond motifs is 1. The van der Waals surface area contributed by atoms with Crippen molar-refractivity contribution in [1.82, 2.24) is 4.98 Å². The van der Waals surface area contributed by atoms with E-state index in [1.54, 1.807) is 12.1 Å². The molecule has 0 amide bonds. The Kier molecular flexibility index (Phi) is 4.22. The molecule has 0 atom stereocenters. The summed E-state index contributed by atoms with van der Waals surface area (Å²) in [6.45, 7) is 4.59. The number of nitrogen functional groups attached to an aromatic ring is 1. The number of pyridine rings is 1. The summed E-state index contributed by atoms with van der Waals surface area (Å²) >= 11 is 0. The SMILES string of the molecule is CCOc1cc2nc(C(F)F)cc(N)c2cc1OCC. The van der Waals surface area contributed by atoms with Crippen molar-refractivity contribution < 1.29 is 18.3 Å². The van der Waals surface area contributed by atoms with E-state index in [2.05, 4.69) is 4.98 Å². The van der Waals surface area contributed by atoms with Crippen LogP contribution in [0.5, 0.6) is 11.5 Å². The fourth-order valence-electron chi connectivity index (χ4n) is 1.93. The molecule has 0 radical (unpaired) electrons. The Labute approximate surface area is 115 Å². The number of anilines is 1. The third-order valence-electron chi connectivity index (χ3n) is 2.75. The molecular weight excluding hydrogens is 266 g/mol. The number of halogens is 2. The van der Waals surface area contributed by atoms with E-state index >= 15 is 0 Å². The second kappa shape index (κ2) is 5.90. The normalized spacial score (nSPS) is 11.1. The average molecular weight is 282 g/mol. The molecule has 0 aliphatic carbocycles. The maximum absolute atomic E-state index is 12.7. The van der Waals surface area contributed by atoms with Crippen molar-refractivity contribution in [2.24, 2.45) is 0 Å². The van der Waals surface area contributed by atoms with E-state index < -0.39 is 6.43 Å². The first-order valence-electron chi connectivity index (χ1n) is 6.34. The van der Waals surface area contributed by atoms with Crippen LogP contribution in [0.15, 0.2) is 18.2 Å². The number of alkyl halides is 2. The Morgan fingerprint density at radius 2 is 1.70 bits per heavy atom. The smallest absolute Gasteiger partial charge is 0.280 e. The molecule has 2 N–H and O–H groups in total. The Bertz CT molecular complexity index is 618. The summed E-state index contributed by atoms with van der Waals surface area (Å²) in [6.07, 6.45) is -2.66. The molecule has 1 aromatic heterocycles. The number of benzene rings is 1. The standard InChI is InChI=1S/C14H16F2N2O2/c1-3-19-12-5-8-9(17)6-11(14(15)16)18-10(8)7-13(12)20-4-2/h5-7,14H,3-4H2,1-2H3,(H2,17,18). The molecule has 0 saturated carbocycles. The Hall–Kier alpha value is -2.11. The highest BCUT2D eigenvalue weighted by Gasteiger charge is 2.15. The van der Waals surface area contributed by atoms with Crippen LogP contribution in [0, 0.1) is 0 Å². The fraction of sp³-hybridized carbons (Fsp3) is 0.357. The van der Waals surface area contributed by atoms with Crippen LogP contribution in [0.4, 0.5) is 14.5 Å². The molecule has 4 nitrogen and oxygen atoms in total. The van der Waals surface area contributed by atoms with Gasteiger partial charge in [-0.25, -0.2) is 13.8 Å². The summed E-state index contributed by atoms with van der Waals surface area (Å²) in [5, 5.41) is 0.571. The Morgan fingerprint density at radius 1 is 1.10 bits per heavy atom. The van der Waals surface area contributed by atoms with Crippen molar-refractivity contribution in [2.45, 2.75) is 20.3 Å². The molecule has 0 bridgehead atoms. The lowest BCUT2D eigenvalue weighted by Crippen LogP contribution is -2.01. The second-order valence-corrected chi connectivity index (χ2v) is 4.12. The third-order valence-corrected chi connectivity index (χ3v) is 2.75. The minimum atomic E-state index is -2.66. The lowest BCUT2D eigenvalue weighted by molar-refractivity contribution is 0.146. The molecule has 1 aromatic carbocycles. The van der Waals surface area contributed by atoms with E-state index in [0.717, 1.165) is 0 Å². The molecule has 2 rings (SSSR count). The predicted molar refractivity (Wildman–Crippen MR) is 73.5 cm³/mol. The first-order valence-corrected chi connectivity index (χ1v) is 6.34. The highest BCUT2D eigenvalue weighted by molar-refractivity contribution is 5.92. The number of hydrogen-bond donors (Lipinski definition) is 1. The van der Waals surface area contributed by atoms with Crippen molar-refractivity contribution in [1.29, 1.82) is 0 Å². The van der Waals surface area contributed by atoms with E-state index in [9.17, 15) is 8.78 Å². The highest BCUT2D eigenvalue weighted by atomic mass is 19.3. The van der Waals surface area contributed by atoms with Crippen molar-refractivity contribution in [2.75, 3.05) is 18.9 Å². The van der Waals surface area contributed by atoms with Gasteiger partial charge in [0.2, 0.25) is 0 Å². The van der Waals surface area contributed by atoms with Gasteiger partial charge in [-0.2, -0.15) is 0 Å². The van der Waals surface area contributed by atoms with Gasteiger partial charge in [0, 0.05) is 17.1 Å². The van der Waals surface area contributed by atoms with Gasteiger partial charge < -0.3 is 15.2 Å². The number of ether oxygens (including phenoxy) is 2. The summed E-state index contributed by atoms with van der Waals surface area (Å²) in [5.74, 6) is 1.00. The van der Waals surface area contributed by atoms with Crippen LogP contribution >= 0.6 is 0 Å². The number of hydrogen-bond acceptors (Lipinski definition) is 4. The summed E-state index contributed by atoms with van der Waals surface area (Å²) in [6, 6.07) is 4.43. The number of nitrogens with zero attached hydrogens (tertiary/aromatic N) is 1. The first kappa shape index (κ1) is 14.3. The van der Waals surface area contributed by atoms with Gasteiger partial charge in [0.05, 0.1) is 18.7 Å². The fourth-order valence-corrected chi connectivity index (χ4v) is 1.93. The number of aromatic nitrogens is 1. The van der Waals surface area contributed by atoms with E-state index in [0.29, 0.717) is 35.6 Å². The van der Waals surface area contributed by atoms with Gasteiger partial charge in [0.25, 0.3) is 6.43 Å². The quantitative estimate of drug-likeness (QED) is 0.911. The molecule has 0 unspecified atom stereocenters. The monoisotopic (exact) mass is 282 g/mol. The molecule has 0 fully saturated rings. The van der Waals surface area contributed by atoms with Crippen LogP contribution in [0.25, 0.3) is 10.9 Å². The van der Waals surface area contributed by atoms with Crippen LogP contribution in [-0.4, -0.2) is 18.2 Å². The number of rotatable bonds is 5. The predicted octanol–water partition coefficient (Wildman–Crippen LogP) is 3.55. The van der Waals surface area contributed by atoms with Crippen molar-refractivity contribution >= 4 is 16.6 Å². The van der Waals surface area contributed by atoms with E-state index in [1.807, 2.05) is 13.8 Å². The minimum absolute atomic E-state index is 0.245. The topological polar surface area (TPSA) is 57.4 Å². The van der Waals surface area contributed by atoms with Crippen molar-refractivity contribution in [3.8, 4) is 11.5 Å². The Balaban J connectivity index is 2.63. The van der Waals surface area contributed by atoms with E-state index in [4.69, 9.17) is 15.2 Å². The van der Waals surface area contributed by atoms with Crippen molar-refractivity contribution in [3.05, 3.63) is 23.9 Å². The highest BCUT2D eigenvalue weighted by Crippen LogP contribution is 2.35.